The Balaban J connectivity index is 2.67. The summed E-state index contributed by atoms with van der Waals surface area (Å²) in [6.07, 6.45) is 0. The molecule has 0 aliphatic carbocycles. The minimum absolute atomic E-state index is 0.111. The summed E-state index contributed by atoms with van der Waals surface area (Å²) < 4.78 is 17.0. The van der Waals surface area contributed by atoms with Crippen LogP contribution in [-0.2, 0) is 0 Å². The first-order valence-electron chi connectivity index (χ1n) is 5.33. The van der Waals surface area contributed by atoms with Crippen LogP contribution in [0.3, 0.4) is 0 Å². The molecule has 0 bridgehead atoms. The van der Waals surface area contributed by atoms with Gasteiger partial charge in [0.1, 0.15) is 27.1 Å². The van der Waals surface area contributed by atoms with Crippen molar-refractivity contribution < 1.29 is 9.13 Å². The number of benzene rings is 1. The second-order valence-corrected chi connectivity index (χ2v) is 9.31. The van der Waals surface area contributed by atoms with Crippen LogP contribution >= 0.6 is 0 Å². The first-order valence-corrected chi connectivity index (χ1v) is 8.83. The van der Waals surface area contributed by atoms with Crippen molar-refractivity contribution in [3.05, 3.63) is 29.8 Å². The predicted molar refractivity (Wildman–Crippen MR) is 68.1 cm³/mol. The van der Waals surface area contributed by atoms with E-state index in [1.807, 2.05) is 24.3 Å². The largest absolute Gasteiger partial charge is 0.491 e. The fourth-order valence-electron chi connectivity index (χ4n) is 1.05. The molecule has 0 aromatic heterocycles. The molecule has 0 fully saturated rings. The van der Waals surface area contributed by atoms with Gasteiger partial charge in [-0.3, -0.25) is 0 Å². The normalized spacial score (nSPS) is 10.5. The molecule has 0 radical (unpaired) electrons. The van der Waals surface area contributed by atoms with Crippen molar-refractivity contribution in [3.63, 3.8) is 0 Å². The third kappa shape index (κ3) is 4.99. The summed E-state index contributed by atoms with van der Waals surface area (Å²) in [6, 6.07) is 7.45. The van der Waals surface area contributed by atoms with Crippen molar-refractivity contribution in [2.24, 2.45) is 0 Å². The van der Waals surface area contributed by atoms with Crippen LogP contribution in [0.1, 0.15) is 5.56 Å². The average molecular weight is 236 g/mol. The molecular weight excluding hydrogens is 219 g/mol. The molecule has 0 unspecified atom stereocenters. The van der Waals surface area contributed by atoms with Crippen molar-refractivity contribution in [1.29, 1.82) is 0 Å². The fourth-order valence-corrected chi connectivity index (χ4v) is 1.57. The lowest BCUT2D eigenvalue weighted by molar-refractivity contribution is 0.273. The molecule has 1 aromatic carbocycles. The van der Waals surface area contributed by atoms with E-state index in [0.29, 0.717) is 5.75 Å². The van der Waals surface area contributed by atoms with E-state index in [2.05, 4.69) is 31.1 Å². The zero-order valence-electron chi connectivity index (χ0n) is 10.0. The predicted octanol–water partition coefficient (Wildman–Crippen LogP) is 3.26. The van der Waals surface area contributed by atoms with Crippen LogP contribution in [0.15, 0.2) is 24.3 Å². The summed E-state index contributed by atoms with van der Waals surface area (Å²) in [5, 5.41) is 0. The van der Waals surface area contributed by atoms with Gasteiger partial charge in [-0.25, -0.2) is 4.39 Å². The molecule has 86 valence electrons. The molecule has 1 rings (SSSR count). The highest BCUT2D eigenvalue weighted by Gasteiger charge is 2.07. The Hall–Kier alpha value is -1.27. The number of hydrogen-bond donors (Lipinski definition) is 0. The maximum Gasteiger partial charge on any atom is 0.129 e. The molecule has 0 spiro atoms. The third-order valence-corrected chi connectivity index (χ3v) is 2.66. The first kappa shape index (κ1) is 12.8. The van der Waals surface area contributed by atoms with E-state index >= 15 is 0 Å². The minimum atomic E-state index is -1.32. The van der Waals surface area contributed by atoms with Crippen LogP contribution in [0.4, 0.5) is 4.39 Å². The van der Waals surface area contributed by atoms with Crippen molar-refractivity contribution in [2.75, 3.05) is 13.3 Å². The quantitative estimate of drug-likeness (QED) is 0.578. The molecular formula is C13H17FOSi. The zero-order valence-corrected chi connectivity index (χ0v) is 11.0. The fraction of sp³-hybridized carbons (Fsp3) is 0.385. The molecule has 1 aromatic rings. The van der Waals surface area contributed by atoms with E-state index < -0.39 is 14.7 Å². The van der Waals surface area contributed by atoms with Crippen LogP contribution in [0.25, 0.3) is 0 Å². The minimum Gasteiger partial charge on any atom is -0.491 e. The summed E-state index contributed by atoms with van der Waals surface area (Å²) in [6.45, 7) is 6.27. The second kappa shape index (κ2) is 5.71. The molecule has 0 heterocycles. The lowest BCUT2D eigenvalue weighted by Gasteiger charge is -2.04. The van der Waals surface area contributed by atoms with Gasteiger partial charge in [0, 0.05) is 5.56 Å². The maximum absolute atomic E-state index is 11.9. The molecule has 0 saturated carbocycles. The molecule has 16 heavy (non-hydrogen) atoms. The van der Waals surface area contributed by atoms with E-state index in [-0.39, 0.29) is 6.61 Å². The van der Waals surface area contributed by atoms with E-state index in [9.17, 15) is 4.39 Å². The van der Waals surface area contributed by atoms with Gasteiger partial charge in [0.15, 0.2) is 0 Å². The summed E-state index contributed by atoms with van der Waals surface area (Å²) in [5.41, 5.74) is 4.27. The number of alkyl halides is 1. The van der Waals surface area contributed by atoms with Gasteiger partial charge in [0.2, 0.25) is 0 Å². The number of rotatable bonds is 3. The van der Waals surface area contributed by atoms with Crippen LogP contribution in [0.5, 0.6) is 5.75 Å². The van der Waals surface area contributed by atoms with Crippen molar-refractivity contribution in [2.45, 2.75) is 19.6 Å². The third-order valence-electron chi connectivity index (χ3n) is 1.78. The summed E-state index contributed by atoms with van der Waals surface area (Å²) >= 11 is 0. The topological polar surface area (TPSA) is 9.23 Å². The highest BCUT2D eigenvalue weighted by molar-refractivity contribution is 6.83. The zero-order chi connectivity index (χ0) is 12.0. The Morgan fingerprint density at radius 1 is 1.19 bits per heavy atom. The van der Waals surface area contributed by atoms with Gasteiger partial charge in [-0.1, -0.05) is 25.6 Å². The molecule has 0 N–H and O–H groups in total. The maximum atomic E-state index is 11.9. The van der Waals surface area contributed by atoms with E-state index in [1.54, 1.807) is 0 Å². The lowest BCUT2D eigenvalue weighted by Crippen LogP contribution is -2.16. The van der Waals surface area contributed by atoms with Gasteiger partial charge in [-0.15, -0.1) is 5.54 Å². The molecule has 1 nitrogen and oxygen atoms in total. The Labute approximate surface area is 97.6 Å². The summed E-state index contributed by atoms with van der Waals surface area (Å²) in [4.78, 5) is 0. The van der Waals surface area contributed by atoms with Gasteiger partial charge < -0.3 is 4.74 Å². The Morgan fingerprint density at radius 3 is 2.31 bits per heavy atom. The monoisotopic (exact) mass is 236 g/mol. The average Bonchev–Trinajstić information content (AvgIpc) is 2.24. The molecule has 3 heteroatoms. The molecule has 0 amide bonds. The Bertz CT molecular complexity index is 381. The molecule has 0 aliphatic rings. The van der Waals surface area contributed by atoms with Gasteiger partial charge in [0.05, 0.1) is 0 Å². The summed E-state index contributed by atoms with van der Waals surface area (Å²) in [7, 11) is -1.32. The lowest BCUT2D eigenvalue weighted by atomic mass is 10.2. The van der Waals surface area contributed by atoms with Gasteiger partial charge in [-0.05, 0) is 24.3 Å². The number of ether oxygens (including phenoxy) is 1. The highest BCUT2D eigenvalue weighted by atomic mass is 28.3. The summed E-state index contributed by atoms with van der Waals surface area (Å²) in [5.74, 6) is 3.84. The van der Waals surface area contributed by atoms with Crippen molar-refractivity contribution in [1.82, 2.24) is 0 Å². The van der Waals surface area contributed by atoms with Crippen molar-refractivity contribution in [3.8, 4) is 17.2 Å². The molecule has 0 saturated heterocycles. The second-order valence-electron chi connectivity index (χ2n) is 4.56. The van der Waals surface area contributed by atoms with Crippen LogP contribution in [0, 0.1) is 11.5 Å². The first-order chi connectivity index (χ1) is 7.51. The smallest absolute Gasteiger partial charge is 0.129 e. The standard InChI is InChI=1S/C13H17FOSi/c1-16(2,3)11-8-12-4-6-13(7-5-12)15-10-9-14/h4-7H,9-10H2,1-3H3. The molecule has 0 atom stereocenters. The van der Waals surface area contributed by atoms with E-state index in [1.165, 1.54) is 0 Å². The van der Waals surface area contributed by atoms with Gasteiger partial charge in [0.25, 0.3) is 0 Å². The van der Waals surface area contributed by atoms with Gasteiger partial charge in [-0.2, -0.15) is 0 Å². The molecule has 0 aliphatic heterocycles. The van der Waals surface area contributed by atoms with Crippen molar-refractivity contribution >= 4 is 8.07 Å². The van der Waals surface area contributed by atoms with Crippen LogP contribution in [0.2, 0.25) is 19.6 Å². The highest BCUT2D eigenvalue weighted by Crippen LogP contribution is 2.11. The van der Waals surface area contributed by atoms with Crippen LogP contribution in [-0.4, -0.2) is 21.4 Å². The Kier molecular flexibility index (Phi) is 4.57. The van der Waals surface area contributed by atoms with Crippen LogP contribution < -0.4 is 4.74 Å². The number of halogens is 1. The Morgan fingerprint density at radius 2 is 1.81 bits per heavy atom. The van der Waals surface area contributed by atoms with E-state index in [4.69, 9.17) is 4.74 Å². The number of hydrogen-bond acceptors (Lipinski definition) is 1. The SMILES string of the molecule is C[Si](C)(C)C#Cc1ccc(OCCF)cc1. The van der Waals surface area contributed by atoms with E-state index in [0.717, 1.165) is 5.56 Å². The van der Waals surface area contributed by atoms with Gasteiger partial charge >= 0.3 is 0 Å².